The molecule has 1 fully saturated rings. The highest BCUT2D eigenvalue weighted by atomic mass is 16.3. The van der Waals surface area contributed by atoms with E-state index in [1.165, 1.54) is 11.1 Å². The monoisotopic (exact) mass is 333 g/mol. The van der Waals surface area contributed by atoms with Crippen molar-refractivity contribution in [2.45, 2.75) is 52.7 Å². The number of aliphatic hydroxyl groups is 1. The molecule has 0 aliphatic carbocycles. The lowest BCUT2D eigenvalue weighted by Gasteiger charge is -2.40. The zero-order chi connectivity index (χ0) is 17.7. The summed E-state index contributed by atoms with van der Waals surface area (Å²) in [7, 11) is 0. The van der Waals surface area contributed by atoms with Crippen LogP contribution >= 0.6 is 0 Å². The van der Waals surface area contributed by atoms with Crippen molar-refractivity contribution < 1.29 is 9.90 Å². The van der Waals surface area contributed by atoms with E-state index in [1.807, 2.05) is 4.90 Å². The van der Waals surface area contributed by atoms with Crippen LogP contribution in [0.3, 0.4) is 0 Å². The molecule has 1 aromatic carbocycles. The summed E-state index contributed by atoms with van der Waals surface area (Å²) >= 11 is 0. The highest BCUT2D eigenvalue weighted by Gasteiger charge is 2.27. The summed E-state index contributed by atoms with van der Waals surface area (Å²) < 4.78 is 0. The molecule has 1 aromatic rings. The average Bonchev–Trinajstić information content (AvgIpc) is 2.56. The standard InChI is InChI=1S/C19H31N3O2/c1-5-16-8-7-9-17(6-2)18(16)20-19(24)22-11-10-21(13-15(4)23)14(3)12-22/h7-9,14-15,23H,5-6,10-13H2,1-4H3,(H,20,24). The van der Waals surface area contributed by atoms with Crippen LogP contribution in [0.25, 0.3) is 0 Å². The van der Waals surface area contributed by atoms with E-state index in [4.69, 9.17) is 0 Å². The first-order chi connectivity index (χ1) is 11.5. The fourth-order valence-electron chi connectivity index (χ4n) is 3.38. The van der Waals surface area contributed by atoms with E-state index in [0.717, 1.165) is 25.1 Å². The number of hydrogen-bond donors (Lipinski definition) is 2. The number of nitrogens with one attached hydrogen (secondary N) is 1. The van der Waals surface area contributed by atoms with Crippen LogP contribution in [0.2, 0.25) is 0 Å². The molecule has 5 heteroatoms. The van der Waals surface area contributed by atoms with Crippen molar-refractivity contribution in [1.29, 1.82) is 0 Å². The summed E-state index contributed by atoms with van der Waals surface area (Å²) in [6, 6.07) is 6.46. The largest absolute Gasteiger partial charge is 0.392 e. The van der Waals surface area contributed by atoms with Crippen molar-refractivity contribution in [2.75, 3.05) is 31.5 Å². The van der Waals surface area contributed by atoms with Gasteiger partial charge in [-0.15, -0.1) is 0 Å². The Labute approximate surface area is 145 Å². The number of carbonyl (C=O) groups excluding carboxylic acids is 1. The number of urea groups is 1. The number of nitrogens with zero attached hydrogens (tertiary/aromatic N) is 2. The molecule has 2 N–H and O–H groups in total. The minimum atomic E-state index is -0.337. The van der Waals surface area contributed by atoms with Gasteiger partial charge in [0.1, 0.15) is 0 Å². The van der Waals surface area contributed by atoms with Gasteiger partial charge in [-0.05, 0) is 37.8 Å². The Morgan fingerprint density at radius 3 is 2.42 bits per heavy atom. The highest BCUT2D eigenvalue weighted by molar-refractivity contribution is 5.91. The Balaban J connectivity index is 2.04. The molecule has 24 heavy (non-hydrogen) atoms. The third kappa shape index (κ3) is 4.48. The lowest BCUT2D eigenvalue weighted by atomic mass is 10.0. The first kappa shape index (κ1) is 18.7. The second-order valence-electron chi connectivity index (χ2n) is 6.73. The van der Waals surface area contributed by atoms with Gasteiger partial charge in [0.15, 0.2) is 0 Å². The lowest BCUT2D eigenvalue weighted by Crippen LogP contribution is -2.55. The van der Waals surface area contributed by atoms with E-state index in [2.05, 4.69) is 49.2 Å². The van der Waals surface area contributed by atoms with Gasteiger partial charge in [0, 0.05) is 37.9 Å². The Morgan fingerprint density at radius 2 is 1.92 bits per heavy atom. The molecule has 1 heterocycles. The zero-order valence-corrected chi connectivity index (χ0v) is 15.4. The van der Waals surface area contributed by atoms with Gasteiger partial charge >= 0.3 is 6.03 Å². The maximum atomic E-state index is 12.7. The summed E-state index contributed by atoms with van der Waals surface area (Å²) in [6.45, 7) is 11.0. The van der Waals surface area contributed by atoms with Crippen LogP contribution in [0.15, 0.2) is 18.2 Å². The van der Waals surface area contributed by atoms with Crippen LogP contribution in [0.5, 0.6) is 0 Å². The SMILES string of the molecule is CCc1cccc(CC)c1NC(=O)N1CCN(CC(C)O)C(C)C1. The van der Waals surface area contributed by atoms with Crippen molar-refractivity contribution in [2.24, 2.45) is 0 Å². The van der Waals surface area contributed by atoms with Gasteiger partial charge in [-0.2, -0.15) is 0 Å². The van der Waals surface area contributed by atoms with Crippen molar-refractivity contribution in [3.8, 4) is 0 Å². The molecule has 2 unspecified atom stereocenters. The quantitative estimate of drug-likeness (QED) is 0.871. The molecule has 1 aliphatic rings. The molecule has 0 aromatic heterocycles. The van der Waals surface area contributed by atoms with Gasteiger partial charge in [0.2, 0.25) is 0 Å². The summed E-state index contributed by atoms with van der Waals surface area (Å²) in [4.78, 5) is 16.9. The molecule has 134 valence electrons. The number of piperazine rings is 1. The van der Waals surface area contributed by atoms with Crippen molar-refractivity contribution in [1.82, 2.24) is 9.80 Å². The zero-order valence-electron chi connectivity index (χ0n) is 15.4. The molecule has 2 rings (SSSR count). The molecule has 1 aliphatic heterocycles. The molecule has 1 saturated heterocycles. The smallest absolute Gasteiger partial charge is 0.321 e. The second kappa shape index (κ2) is 8.49. The Kier molecular flexibility index (Phi) is 6.63. The van der Waals surface area contributed by atoms with Crippen molar-refractivity contribution >= 4 is 11.7 Å². The molecule has 0 saturated carbocycles. The van der Waals surface area contributed by atoms with Crippen LogP contribution in [0.1, 0.15) is 38.8 Å². The van der Waals surface area contributed by atoms with Gasteiger partial charge in [-0.3, -0.25) is 4.90 Å². The Hall–Kier alpha value is -1.59. The van der Waals surface area contributed by atoms with Crippen molar-refractivity contribution in [3.63, 3.8) is 0 Å². The molecule has 0 bridgehead atoms. The fourth-order valence-corrected chi connectivity index (χ4v) is 3.38. The van der Waals surface area contributed by atoms with E-state index >= 15 is 0 Å². The van der Waals surface area contributed by atoms with E-state index in [9.17, 15) is 9.90 Å². The summed E-state index contributed by atoms with van der Waals surface area (Å²) in [5.41, 5.74) is 3.35. The second-order valence-corrected chi connectivity index (χ2v) is 6.73. The normalized spacial score (nSPS) is 20.0. The van der Waals surface area contributed by atoms with Gasteiger partial charge in [-0.25, -0.2) is 4.79 Å². The lowest BCUT2D eigenvalue weighted by molar-refractivity contribution is 0.0590. The molecular formula is C19H31N3O2. The first-order valence-corrected chi connectivity index (χ1v) is 9.05. The van der Waals surface area contributed by atoms with E-state index in [0.29, 0.717) is 19.6 Å². The molecule has 2 amide bonds. The van der Waals surface area contributed by atoms with Gasteiger partial charge in [0.25, 0.3) is 0 Å². The average molecular weight is 333 g/mol. The Morgan fingerprint density at radius 1 is 1.29 bits per heavy atom. The van der Waals surface area contributed by atoms with Gasteiger partial charge in [-0.1, -0.05) is 32.0 Å². The maximum absolute atomic E-state index is 12.7. The molecule has 0 spiro atoms. The number of aliphatic hydroxyl groups excluding tert-OH is 1. The summed E-state index contributed by atoms with van der Waals surface area (Å²) in [6.07, 6.45) is 1.47. The number of para-hydroxylation sites is 1. The van der Waals surface area contributed by atoms with Gasteiger partial charge < -0.3 is 15.3 Å². The number of carbonyl (C=O) groups is 1. The van der Waals surface area contributed by atoms with Crippen LogP contribution in [0.4, 0.5) is 10.5 Å². The summed E-state index contributed by atoms with van der Waals surface area (Å²) in [5, 5.41) is 12.7. The third-order valence-electron chi connectivity index (χ3n) is 4.78. The number of β-amino-alcohol motifs (C(OH)–C–C–N with tert-alkyl or cyclic N) is 1. The van der Waals surface area contributed by atoms with Crippen LogP contribution in [0, 0.1) is 0 Å². The molecule has 2 atom stereocenters. The Bertz CT molecular complexity index is 537. The molecular weight excluding hydrogens is 302 g/mol. The topological polar surface area (TPSA) is 55.8 Å². The predicted octanol–water partition coefficient (Wildman–Crippen LogP) is 2.73. The predicted molar refractivity (Wildman–Crippen MR) is 98.5 cm³/mol. The maximum Gasteiger partial charge on any atom is 0.321 e. The minimum Gasteiger partial charge on any atom is -0.392 e. The van der Waals surface area contributed by atoms with E-state index in [-0.39, 0.29) is 18.2 Å². The van der Waals surface area contributed by atoms with Gasteiger partial charge in [0.05, 0.1) is 6.10 Å². The fraction of sp³-hybridized carbons (Fsp3) is 0.632. The highest BCUT2D eigenvalue weighted by Crippen LogP contribution is 2.23. The number of anilines is 1. The number of hydrogen-bond acceptors (Lipinski definition) is 3. The third-order valence-corrected chi connectivity index (χ3v) is 4.78. The van der Waals surface area contributed by atoms with Crippen LogP contribution in [-0.2, 0) is 12.8 Å². The van der Waals surface area contributed by atoms with Crippen LogP contribution < -0.4 is 5.32 Å². The van der Waals surface area contributed by atoms with E-state index in [1.54, 1.807) is 6.92 Å². The number of rotatable bonds is 5. The van der Waals surface area contributed by atoms with Crippen molar-refractivity contribution in [3.05, 3.63) is 29.3 Å². The number of aryl methyl sites for hydroxylation is 2. The van der Waals surface area contributed by atoms with Crippen LogP contribution in [-0.4, -0.2) is 59.3 Å². The summed E-state index contributed by atoms with van der Waals surface area (Å²) in [5.74, 6) is 0. The number of amides is 2. The molecule has 5 nitrogen and oxygen atoms in total. The first-order valence-electron chi connectivity index (χ1n) is 9.05. The van der Waals surface area contributed by atoms with E-state index < -0.39 is 0 Å². The molecule has 0 radical (unpaired) electrons. The minimum absolute atomic E-state index is 0.0193. The number of benzene rings is 1.